The third-order valence-electron chi connectivity index (χ3n) is 5.35. The van der Waals surface area contributed by atoms with Gasteiger partial charge in [0.1, 0.15) is 12.1 Å². The molecule has 3 heterocycles. The van der Waals surface area contributed by atoms with E-state index in [1.807, 2.05) is 23.1 Å². The Bertz CT molecular complexity index is 1190. The number of benzene rings is 1. The van der Waals surface area contributed by atoms with Crippen molar-refractivity contribution >= 4 is 28.9 Å². The van der Waals surface area contributed by atoms with Gasteiger partial charge < -0.3 is 20.1 Å². The number of carbonyl (C=O) groups excluding carboxylic acids is 2. The van der Waals surface area contributed by atoms with E-state index in [0.717, 1.165) is 0 Å². The second kappa shape index (κ2) is 10.4. The molecule has 1 saturated heterocycles. The first-order valence-corrected chi connectivity index (χ1v) is 10.9. The van der Waals surface area contributed by atoms with E-state index in [9.17, 15) is 9.59 Å². The zero-order valence-corrected chi connectivity index (χ0v) is 19.4. The van der Waals surface area contributed by atoms with Gasteiger partial charge >= 0.3 is 0 Å². The van der Waals surface area contributed by atoms with Crippen molar-refractivity contribution in [2.45, 2.75) is 6.92 Å². The number of methoxy groups -OCH3 is 1. The Hall–Kier alpha value is -3.83. The molecule has 3 aromatic rings. The molecule has 2 N–H and O–H groups in total. The van der Waals surface area contributed by atoms with Crippen LogP contribution in [0.5, 0.6) is 5.75 Å². The third-order valence-corrected chi connectivity index (χ3v) is 5.35. The number of morpholine rings is 1. The lowest BCUT2D eigenvalue weighted by molar-refractivity contribution is -0.118. The molecule has 2 aromatic heterocycles. The maximum absolute atomic E-state index is 12.5. The average Bonchev–Trinajstić information content (AvgIpc) is 3.25. The van der Waals surface area contributed by atoms with E-state index >= 15 is 0 Å². The van der Waals surface area contributed by atoms with E-state index in [2.05, 4.69) is 25.7 Å². The molecule has 178 valence electrons. The molecule has 1 fully saturated rings. The highest BCUT2D eigenvalue weighted by molar-refractivity contribution is 6.01. The number of pyridine rings is 1. The number of para-hydroxylation sites is 1. The standard InChI is InChI=1S/C23H27N7O4/c1-15(31)17-12-24-20(27-21(32)13-30-7-9-34-10-8-30)11-19(17)26-18-6-4-5-16(22(18)33-3)23-25-14-29(2)28-23/h4-6,11-12,14H,7-10,13H2,1-3H3,(H2,24,26,27,32). The fraction of sp³-hybridized carbons (Fsp3) is 0.348. The Morgan fingerprint density at radius 3 is 2.65 bits per heavy atom. The largest absolute Gasteiger partial charge is 0.494 e. The van der Waals surface area contributed by atoms with Crippen LogP contribution in [0.15, 0.2) is 36.8 Å². The van der Waals surface area contributed by atoms with Crippen LogP contribution >= 0.6 is 0 Å². The summed E-state index contributed by atoms with van der Waals surface area (Å²) in [7, 11) is 3.35. The molecule has 0 radical (unpaired) electrons. The van der Waals surface area contributed by atoms with Gasteiger partial charge in [0.05, 0.1) is 49.4 Å². The number of hydrogen-bond acceptors (Lipinski definition) is 9. The fourth-order valence-corrected chi connectivity index (χ4v) is 3.69. The van der Waals surface area contributed by atoms with E-state index in [1.54, 1.807) is 31.2 Å². The van der Waals surface area contributed by atoms with Crippen molar-refractivity contribution in [3.63, 3.8) is 0 Å². The summed E-state index contributed by atoms with van der Waals surface area (Å²) in [6.07, 6.45) is 3.06. The van der Waals surface area contributed by atoms with Gasteiger partial charge in [-0.15, -0.1) is 0 Å². The molecule has 0 atom stereocenters. The first kappa shape index (κ1) is 23.3. The molecule has 1 aliphatic heterocycles. The van der Waals surface area contributed by atoms with Gasteiger partial charge in [-0.2, -0.15) is 5.10 Å². The quantitative estimate of drug-likeness (QED) is 0.481. The minimum absolute atomic E-state index is 0.164. The number of aromatic nitrogens is 4. The molecule has 0 saturated carbocycles. The number of aryl methyl sites for hydroxylation is 1. The van der Waals surface area contributed by atoms with Crippen LogP contribution in [-0.4, -0.2) is 76.3 Å². The van der Waals surface area contributed by atoms with E-state index in [4.69, 9.17) is 9.47 Å². The van der Waals surface area contributed by atoms with Crippen LogP contribution in [0, 0.1) is 0 Å². The molecule has 0 unspecified atom stereocenters. The Morgan fingerprint density at radius 2 is 1.97 bits per heavy atom. The van der Waals surface area contributed by atoms with E-state index in [0.29, 0.717) is 66.2 Å². The van der Waals surface area contributed by atoms with Crippen molar-refractivity contribution in [2.24, 2.45) is 7.05 Å². The number of carbonyl (C=O) groups is 2. The van der Waals surface area contributed by atoms with Crippen LogP contribution < -0.4 is 15.4 Å². The topological polar surface area (TPSA) is 123 Å². The van der Waals surface area contributed by atoms with Crippen LogP contribution in [-0.2, 0) is 16.6 Å². The first-order valence-electron chi connectivity index (χ1n) is 10.9. The van der Waals surface area contributed by atoms with Gasteiger partial charge in [-0.25, -0.2) is 9.97 Å². The summed E-state index contributed by atoms with van der Waals surface area (Å²) in [6.45, 7) is 4.35. The fourth-order valence-electron chi connectivity index (χ4n) is 3.69. The summed E-state index contributed by atoms with van der Waals surface area (Å²) in [5, 5.41) is 10.4. The number of amides is 1. The molecule has 0 bridgehead atoms. The van der Waals surface area contributed by atoms with Crippen molar-refractivity contribution in [1.82, 2.24) is 24.6 Å². The number of ether oxygens (including phenoxy) is 2. The molecule has 0 spiro atoms. The molecule has 4 rings (SSSR count). The van der Waals surface area contributed by atoms with Crippen LogP contribution in [0.4, 0.5) is 17.2 Å². The number of hydrogen-bond donors (Lipinski definition) is 2. The van der Waals surface area contributed by atoms with E-state index < -0.39 is 0 Å². The highest BCUT2D eigenvalue weighted by Crippen LogP contribution is 2.37. The second-order valence-electron chi connectivity index (χ2n) is 7.86. The summed E-state index contributed by atoms with van der Waals surface area (Å²) in [5.41, 5.74) is 2.19. The Kier molecular flexibility index (Phi) is 7.14. The lowest BCUT2D eigenvalue weighted by atomic mass is 10.1. The molecular weight excluding hydrogens is 438 g/mol. The van der Waals surface area contributed by atoms with Gasteiger partial charge in [-0.05, 0) is 19.1 Å². The van der Waals surface area contributed by atoms with Crippen LogP contribution in [0.2, 0.25) is 0 Å². The summed E-state index contributed by atoms with van der Waals surface area (Å²) in [5.74, 6) is 1.03. The molecule has 1 aromatic carbocycles. The van der Waals surface area contributed by atoms with Gasteiger partial charge in [0, 0.05) is 32.4 Å². The Balaban J connectivity index is 1.59. The predicted octanol–water partition coefficient (Wildman–Crippen LogP) is 2.10. The maximum atomic E-state index is 12.5. The Labute approximate surface area is 197 Å². The monoisotopic (exact) mass is 465 g/mol. The summed E-state index contributed by atoms with van der Waals surface area (Å²) in [6, 6.07) is 7.16. The third kappa shape index (κ3) is 5.38. The maximum Gasteiger partial charge on any atom is 0.239 e. The SMILES string of the molecule is COc1c(Nc2cc(NC(=O)CN3CCOCC3)ncc2C(C)=O)cccc1-c1ncn(C)n1. The number of ketones is 1. The first-order chi connectivity index (χ1) is 16.4. The van der Waals surface area contributed by atoms with Crippen LogP contribution in [0.25, 0.3) is 11.4 Å². The number of Topliss-reactive ketones (excluding diaryl/α,β-unsaturated/α-hetero) is 1. The molecule has 1 amide bonds. The summed E-state index contributed by atoms with van der Waals surface area (Å²) < 4.78 is 12.6. The highest BCUT2D eigenvalue weighted by atomic mass is 16.5. The lowest BCUT2D eigenvalue weighted by Crippen LogP contribution is -2.41. The van der Waals surface area contributed by atoms with E-state index in [1.165, 1.54) is 13.1 Å². The molecule has 34 heavy (non-hydrogen) atoms. The Morgan fingerprint density at radius 1 is 1.18 bits per heavy atom. The van der Waals surface area contributed by atoms with Crippen LogP contribution in [0.3, 0.4) is 0 Å². The second-order valence-corrected chi connectivity index (χ2v) is 7.86. The van der Waals surface area contributed by atoms with Gasteiger partial charge in [0.25, 0.3) is 0 Å². The van der Waals surface area contributed by atoms with Crippen molar-refractivity contribution in [3.8, 4) is 17.1 Å². The van der Waals surface area contributed by atoms with E-state index in [-0.39, 0.29) is 18.2 Å². The lowest BCUT2D eigenvalue weighted by Gasteiger charge is -2.25. The minimum atomic E-state index is -0.184. The van der Waals surface area contributed by atoms with Crippen molar-refractivity contribution < 1.29 is 19.1 Å². The molecule has 1 aliphatic rings. The number of anilines is 3. The summed E-state index contributed by atoms with van der Waals surface area (Å²) >= 11 is 0. The number of nitrogens with zero attached hydrogens (tertiary/aromatic N) is 5. The normalized spacial score (nSPS) is 14.0. The van der Waals surface area contributed by atoms with Gasteiger partial charge in [0.15, 0.2) is 17.4 Å². The minimum Gasteiger partial charge on any atom is -0.494 e. The van der Waals surface area contributed by atoms with Crippen molar-refractivity contribution in [2.75, 3.05) is 50.6 Å². The van der Waals surface area contributed by atoms with Gasteiger partial charge in [-0.1, -0.05) is 6.07 Å². The molecular formula is C23H27N7O4. The van der Waals surface area contributed by atoms with Crippen molar-refractivity contribution in [3.05, 3.63) is 42.4 Å². The van der Waals surface area contributed by atoms with Gasteiger partial charge in [-0.3, -0.25) is 19.2 Å². The number of rotatable bonds is 8. The zero-order chi connectivity index (χ0) is 24.1. The van der Waals surface area contributed by atoms with Crippen molar-refractivity contribution in [1.29, 1.82) is 0 Å². The molecule has 11 heteroatoms. The number of nitrogens with one attached hydrogen (secondary N) is 2. The average molecular weight is 466 g/mol. The molecule has 11 nitrogen and oxygen atoms in total. The predicted molar refractivity (Wildman–Crippen MR) is 126 cm³/mol. The smallest absolute Gasteiger partial charge is 0.239 e. The highest BCUT2D eigenvalue weighted by Gasteiger charge is 2.18. The van der Waals surface area contributed by atoms with Crippen LogP contribution in [0.1, 0.15) is 17.3 Å². The zero-order valence-electron chi connectivity index (χ0n) is 19.4. The van der Waals surface area contributed by atoms with Gasteiger partial charge in [0.2, 0.25) is 5.91 Å². The summed E-state index contributed by atoms with van der Waals surface area (Å²) in [4.78, 5) is 35.4. The molecule has 0 aliphatic carbocycles.